The van der Waals surface area contributed by atoms with Crippen molar-refractivity contribution in [3.63, 3.8) is 0 Å². The molecule has 3 rings (SSSR count). The van der Waals surface area contributed by atoms with Gasteiger partial charge in [0.25, 0.3) is 0 Å². The monoisotopic (exact) mass is 288 g/mol. The van der Waals surface area contributed by atoms with Crippen LogP contribution in [0.1, 0.15) is 24.4 Å². The molecule has 3 heterocycles. The zero-order chi connectivity index (χ0) is 14.5. The van der Waals surface area contributed by atoms with Gasteiger partial charge in [-0.1, -0.05) is 0 Å². The number of rotatable bonds is 5. The van der Waals surface area contributed by atoms with Gasteiger partial charge in [0.1, 0.15) is 11.5 Å². The Kier molecular flexibility index (Phi) is 4.40. The van der Waals surface area contributed by atoms with E-state index in [4.69, 9.17) is 8.83 Å². The largest absolute Gasteiger partial charge is 0.467 e. The summed E-state index contributed by atoms with van der Waals surface area (Å²) in [4.78, 5) is 14.6. The summed E-state index contributed by atoms with van der Waals surface area (Å²) in [5, 5.41) is 3.29. The normalized spacial score (nSPS) is 18.6. The standard InChI is InChI=1S/C16H20N2O3/c19-16(13-4-1-7-17-10-13)18(11-14-5-2-8-20-14)12-15-6-3-9-21-15/h2-3,5-6,8-9,13,17H,1,4,7,10-12H2/t13-/m0/s1. The molecule has 0 saturated carbocycles. The Balaban J connectivity index is 1.72. The molecule has 0 aliphatic carbocycles. The molecule has 0 aromatic carbocycles. The number of nitrogens with zero attached hydrogens (tertiary/aromatic N) is 1. The smallest absolute Gasteiger partial charge is 0.227 e. The second-order valence-corrected chi connectivity index (χ2v) is 5.40. The van der Waals surface area contributed by atoms with Crippen LogP contribution in [0, 0.1) is 5.92 Å². The molecule has 0 radical (unpaired) electrons. The fraction of sp³-hybridized carbons (Fsp3) is 0.438. The van der Waals surface area contributed by atoms with Gasteiger partial charge >= 0.3 is 0 Å². The number of piperidine rings is 1. The fourth-order valence-electron chi connectivity index (χ4n) is 2.71. The number of carbonyl (C=O) groups excluding carboxylic acids is 1. The fourth-order valence-corrected chi connectivity index (χ4v) is 2.71. The van der Waals surface area contributed by atoms with Crippen LogP contribution in [0.25, 0.3) is 0 Å². The molecule has 1 atom stereocenters. The van der Waals surface area contributed by atoms with E-state index in [1.54, 1.807) is 12.5 Å². The molecule has 21 heavy (non-hydrogen) atoms. The maximum Gasteiger partial charge on any atom is 0.227 e. The first-order chi connectivity index (χ1) is 10.3. The number of nitrogens with one attached hydrogen (secondary N) is 1. The molecule has 2 aromatic heterocycles. The maximum absolute atomic E-state index is 12.8. The minimum atomic E-state index is 0.0451. The highest BCUT2D eigenvalue weighted by atomic mass is 16.3. The molecule has 1 aliphatic rings. The van der Waals surface area contributed by atoms with E-state index in [9.17, 15) is 4.79 Å². The average Bonchev–Trinajstić information content (AvgIpc) is 3.20. The van der Waals surface area contributed by atoms with Gasteiger partial charge in [-0.2, -0.15) is 0 Å². The highest BCUT2D eigenvalue weighted by Crippen LogP contribution is 2.18. The van der Waals surface area contributed by atoms with E-state index in [0.29, 0.717) is 13.1 Å². The lowest BCUT2D eigenvalue weighted by atomic mass is 9.98. The summed E-state index contributed by atoms with van der Waals surface area (Å²) < 4.78 is 10.8. The zero-order valence-corrected chi connectivity index (χ0v) is 12.0. The second kappa shape index (κ2) is 6.63. The Hall–Kier alpha value is -2.01. The van der Waals surface area contributed by atoms with Crippen LogP contribution in [0.5, 0.6) is 0 Å². The third-order valence-corrected chi connectivity index (χ3v) is 3.81. The molecular formula is C16H20N2O3. The first-order valence-electron chi connectivity index (χ1n) is 7.37. The van der Waals surface area contributed by atoms with Crippen molar-refractivity contribution in [1.29, 1.82) is 0 Å². The van der Waals surface area contributed by atoms with E-state index in [1.807, 2.05) is 29.2 Å². The topological polar surface area (TPSA) is 58.6 Å². The van der Waals surface area contributed by atoms with Gasteiger partial charge in [-0.25, -0.2) is 0 Å². The highest BCUT2D eigenvalue weighted by Gasteiger charge is 2.27. The van der Waals surface area contributed by atoms with Crippen molar-refractivity contribution in [1.82, 2.24) is 10.2 Å². The summed E-state index contributed by atoms with van der Waals surface area (Å²) in [6.07, 6.45) is 5.25. The molecule has 0 spiro atoms. The zero-order valence-electron chi connectivity index (χ0n) is 12.0. The predicted octanol–water partition coefficient (Wildman–Crippen LogP) is 2.40. The van der Waals surface area contributed by atoms with Gasteiger partial charge in [-0.05, 0) is 43.7 Å². The number of carbonyl (C=O) groups is 1. The summed E-state index contributed by atoms with van der Waals surface area (Å²) in [6.45, 7) is 2.71. The van der Waals surface area contributed by atoms with Crippen molar-refractivity contribution in [2.45, 2.75) is 25.9 Å². The van der Waals surface area contributed by atoms with E-state index in [0.717, 1.165) is 37.5 Å². The summed E-state index contributed by atoms with van der Waals surface area (Å²) in [7, 11) is 0. The summed E-state index contributed by atoms with van der Waals surface area (Å²) in [6, 6.07) is 7.46. The first kappa shape index (κ1) is 13.9. The lowest BCUT2D eigenvalue weighted by Crippen LogP contribution is -2.42. The van der Waals surface area contributed by atoms with E-state index < -0.39 is 0 Å². The van der Waals surface area contributed by atoms with Crippen molar-refractivity contribution in [3.8, 4) is 0 Å². The number of furan rings is 2. The van der Waals surface area contributed by atoms with Crippen LogP contribution in [-0.4, -0.2) is 23.9 Å². The molecular weight excluding hydrogens is 268 g/mol. The van der Waals surface area contributed by atoms with E-state index in [2.05, 4.69) is 5.32 Å². The summed E-state index contributed by atoms with van der Waals surface area (Å²) in [5.74, 6) is 1.79. The van der Waals surface area contributed by atoms with E-state index in [1.165, 1.54) is 0 Å². The maximum atomic E-state index is 12.8. The van der Waals surface area contributed by atoms with Gasteiger partial charge in [0.15, 0.2) is 0 Å². The lowest BCUT2D eigenvalue weighted by molar-refractivity contribution is -0.137. The van der Waals surface area contributed by atoms with Crippen LogP contribution in [0.4, 0.5) is 0 Å². The molecule has 1 fully saturated rings. The Labute approximate surface area is 123 Å². The Bertz CT molecular complexity index is 506. The Morgan fingerprint density at radius 1 is 1.19 bits per heavy atom. The van der Waals surface area contributed by atoms with Crippen molar-refractivity contribution in [2.75, 3.05) is 13.1 Å². The molecule has 1 aliphatic heterocycles. The molecule has 1 N–H and O–H groups in total. The summed E-state index contributed by atoms with van der Waals surface area (Å²) >= 11 is 0. The van der Waals surface area contributed by atoms with Crippen LogP contribution in [0.15, 0.2) is 45.6 Å². The van der Waals surface area contributed by atoms with Crippen molar-refractivity contribution < 1.29 is 13.6 Å². The minimum absolute atomic E-state index is 0.0451. The lowest BCUT2D eigenvalue weighted by Gasteiger charge is -2.28. The van der Waals surface area contributed by atoms with Crippen LogP contribution < -0.4 is 5.32 Å². The van der Waals surface area contributed by atoms with Gasteiger partial charge in [0.05, 0.1) is 31.5 Å². The van der Waals surface area contributed by atoms with Crippen LogP contribution >= 0.6 is 0 Å². The van der Waals surface area contributed by atoms with Crippen molar-refractivity contribution in [2.24, 2.45) is 5.92 Å². The van der Waals surface area contributed by atoms with Gasteiger partial charge in [0, 0.05) is 6.54 Å². The average molecular weight is 288 g/mol. The van der Waals surface area contributed by atoms with Gasteiger partial charge in [-0.15, -0.1) is 0 Å². The molecule has 2 aromatic rings. The molecule has 1 saturated heterocycles. The van der Waals surface area contributed by atoms with Crippen LogP contribution in [-0.2, 0) is 17.9 Å². The molecule has 5 nitrogen and oxygen atoms in total. The third kappa shape index (κ3) is 3.55. The SMILES string of the molecule is O=C([C@H]1CCCNC1)N(Cc1ccco1)Cc1ccco1. The summed E-state index contributed by atoms with van der Waals surface area (Å²) in [5.41, 5.74) is 0. The van der Waals surface area contributed by atoms with Gasteiger partial charge in [-0.3, -0.25) is 4.79 Å². The van der Waals surface area contributed by atoms with Crippen molar-refractivity contribution >= 4 is 5.91 Å². The van der Waals surface area contributed by atoms with Crippen LogP contribution in [0.3, 0.4) is 0 Å². The minimum Gasteiger partial charge on any atom is -0.467 e. The predicted molar refractivity (Wildman–Crippen MR) is 77.3 cm³/mol. The quantitative estimate of drug-likeness (QED) is 0.918. The number of hydrogen-bond acceptors (Lipinski definition) is 4. The molecule has 112 valence electrons. The molecule has 0 unspecified atom stereocenters. The molecule has 1 amide bonds. The van der Waals surface area contributed by atoms with Gasteiger partial charge in [0.2, 0.25) is 5.91 Å². The van der Waals surface area contributed by atoms with E-state index >= 15 is 0 Å². The Morgan fingerprint density at radius 3 is 2.33 bits per heavy atom. The highest BCUT2D eigenvalue weighted by molar-refractivity contribution is 5.79. The number of amides is 1. The van der Waals surface area contributed by atoms with Crippen LogP contribution in [0.2, 0.25) is 0 Å². The van der Waals surface area contributed by atoms with E-state index in [-0.39, 0.29) is 11.8 Å². The second-order valence-electron chi connectivity index (χ2n) is 5.40. The Morgan fingerprint density at radius 2 is 1.86 bits per heavy atom. The van der Waals surface area contributed by atoms with Crippen molar-refractivity contribution in [3.05, 3.63) is 48.3 Å². The molecule has 5 heteroatoms. The number of hydrogen-bond donors (Lipinski definition) is 1. The van der Waals surface area contributed by atoms with Gasteiger partial charge < -0.3 is 19.1 Å². The molecule has 0 bridgehead atoms. The third-order valence-electron chi connectivity index (χ3n) is 3.81. The first-order valence-corrected chi connectivity index (χ1v) is 7.37.